The van der Waals surface area contributed by atoms with Crippen LogP contribution in [0.4, 0.5) is 5.69 Å². The average molecular weight is 334 g/mol. The van der Waals surface area contributed by atoms with Crippen molar-refractivity contribution < 1.29 is 10.2 Å². The Kier molecular flexibility index (Phi) is 3.28. The molecular weight excluding hydrogens is 316 g/mol. The second-order valence-electron chi connectivity index (χ2n) is 6.23. The Bertz CT molecular complexity index is 1050. The summed E-state index contributed by atoms with van der Waals surface area (Å²) < 4.78 is 1.88. The number of fused-ring (bicyclic) bond motifs is 1. The van der Waals surface area contributed by atoms with Crippen molar-refractivity contribution in [3.05, 3.63) is 59.6 Å². The minimum Gasteiger partial charge on any atom is -0.509 e. The van der Waals surface area contributed by atoms with Crippen molar-refractivity contribution in [2.75, 3.05) is 11.4 Å². The van der Waals surface area contributed by atoms with Gasteiger partial charge in [0.15, 0.2) is 0 Å². The second kappa shape index (κ2) is 5.37. The molecule has 25 heavy (non-hydrogen) atoms. The number of para-hydroxylation sites is 2. The van der Waals surface area contributed by atoms with E-state index in [0.29, 0.717) is 17.1 Å². The van der Waals surface area contributed by atoms with Crippen LogP contribution in [0.5, 0.6) is 5.75 Å². The summed E-state index contributed by atoms with van der Waals surface area (Å²) in [5.41, 5.74) is 3.75. The Morgan fingerprint density at radius 1 is 1.12 bits per heavy atom. The number of aliphatic hydroxyl groups excluding tert-OH is 1. The number of aromatic hydroxyl groups is 1. The number of nitrogens with one attached hydrogen (secondary N) is 1. The zero-order valence-electron chi connectivity index (χ0n) is 14.0. The molecule has 1 aliphatic rings. The van der Waals surface area contributed by atoms with Gasteiger partial charge in [0.25, 0.3) is 0 Å². The predicted octanol–water partition coefficient (Wildman–Crippen LogP) is 3.35. The van der Waals surface area contributed by atoms with E-state index in [1.165, 1.54) is 0 Å². The summed E-state index contributed by atoms with van der Waals surface area (Å²) in [4.78, 5) is 6.20. The van der Waals surface area contributed by atoms with Crippen LogP contribution in [0.15, 0.2) is 48.2 Å². The van der Waals surface area contributed by atoms with Gasteiger partial charge in [-0.25, -0.2) is 4.98 Å². The summed E-state index contributed by atoms with van der Waals surface area (Å²) in [6.07, 6.45) is 0. The highest BCUT2D eigenvalue weighted by atomic mass is 16.3. The highest BCUT2D eigenvalue weighted by Crippen LogP contribution is 2.35. The fourth-order valence-electron chi connectivity index (χ4n) is 3.25. The molecule has 0 spiro atoms. The first-order chi connectivity index (χ1) is 12.0. The number of aromatic nitrogens is 2. The second-order valence-corrected chi connectivity index (χ2v) is 6.23. The fraction of sp³-hybridized carbons (Fsp3) is 0.158. The molecule has 0 amide bonds. The Hall–Kier alpha value is -3.28. The predicted molar refractivity (Wildman–Crippen MR) is 98.2 cm³/mol. The summed E-state index contributed by atoms with van der Waals surface area (Å²) >= 11 is 0. The topological polar surface area (TPSA) is 85.4 Å². The standard InChI is InChI=1S/C19H18N4O2/c1-11-7-8-13-12(9-11)21-19(22(13)2)17-16(25)10-23(18(17)20)14-5-3-4-6-15(14)24/h3-9,20,24-25H,10H2,1-2H3. The van der Waals surface area contributed by atoms with Gasteiger partial charge in [-0.3, -0.25) is 5.41 Å². The van der Waals surface area contributed by atoms with Gasteiger partial charge in [-0.2, -0.15) is 0 Å². The van der Waals surface area contributed by atoms with Crippen LogP contribution in [-0.4, -0.2) is 32.1 Å². The monoisotopic (exact) mass is 334 g/mol. The molecule has 0 bridgehead atoms. The summed E-state index contributed by atoms with van der Waals surface area (Å²) in [6, 6.07) is 12.8. The number of amidine groups is 1. The van der Waals surface area contributed by atoms with E-state index in [1.54, 1.807) is 29.2 Å². The summed E-state index contributed by atoms with van der Waals surface area (Å²) in [5, 5.41) is 29.1. The molecule has 0 radical (unpaired) electrons. The van der Waals surface area contributed by atoms with E-state index in [2.05, 4.69) is 4.98 Å². The summed E-state index contributed by atoms with van der Waals surface area (Å²) in [5.74, 6) is 0.806. The third-order valence-electron chi connectivity index (χ3n) is 4.54. The van der Waals surface area contributed by atoms with E-state index in [9.17, 15) is 10.2 Å². The van der Waals surface area contributed by atoms with Gasteiger partial charge in [0.2, 0.25) is 0 Å². The largest absolute Gasteiger partial charge is 0.509 e. The van der Waals surface area contributed by atoms with Gasteiger partial charge in [-0.1, -0.05) is 18.2 Å². The van der Waals surface area contributed by atoms with E-state index in [4.69, 9.17) is 5.41 Å². The van der Waals surface area contributed by atoms with Gasteiger partial charge in [-0.05, 0) is 36.8 Å². The molecule has 0 atom stereocenters. The van der Waals surface area contributed by atoms with Crippen LogP contribution in [0, 0.1) is 12.3 Å². The van der Waals surface area contributed by atoms with E-state index in [0.717, 1.165) is 16.6 Å². The van der Waals surface area contributed by atoms with Crippen LogP contribution >= 0.6 is 0 Å². The fourth-order valence-corrected chi connectivity index (χ4v) is 3.25. The lowest BCUT2D eigenvalue weighted by Gasteiger charge is -2.19. The number of phenolic OH excluding ortho intramolecular Hbond substituents is 1. The first-order valence-electron chi connectivity index (χ1n) is 7.97. The number of aryl methyl sites for hydroxylation is 2. The SMILES string of the molecule is Cc1ccc2c(c1)nc(C1=C(O)CN(c3ccccc3O)C1=N)n2C. The van der Waals surface area contributed by atoms with Gasteiger partial charge >= 0.3 is 0 Å². The summed E-state index contributed by atoms with van der Waals surface area (Å²) in [7, 11) is 1.87. The lowest BCUT2D eigenvalue weighted by molar-refractivity contribution is 0.410. The number of imidazole rings is 1. The van der Waals surface area contributed by atoms with E-state index in [1.807, 2.05) is 36.7 Å². The quantitative estimate of drug-likeness (QED) is 0.671. The summed E-state index contributed by atoms with van der Waals surface area (Å²) in [6.45, 7) is 2.13. The molecule has 2 heterocycles. The molecule has 0 fully saturated rings. The lowest BCUT2D eigenvalue weighted by atomic mass is 10.2. The van der Waals surface area contributed by atoms with Gasteiger partial charge in [0.05, 0.1) is 28.8 Å². The third kappa shape index (κ3) is 2.26. The maximum absolute atomic E-state index is 10.5. The molecule has 126 valence electrons. The van der Waals surface area contributed by atoms with E-state index < -0.39 is 0 Å². The Balaban J connectivity index is 1.81. The maximum Gasteiger partial charge on any atom is 0.148 e. The Labute approximate surface area is 144 Å². The molecule has 0 unspecified atom stereocenters. The van der Waals surface area contributed by atoms with Crippen molar-refractivity contribution in [2.24, 2.45) is 7.05 Å². The van der Waals surface area contributed by atoms with Gasteiger partial charge in [0, 0.05) is 7.05 Å². The van der Waals surface area contributed by atoms with Crippen molar-refractivity contribution in [2.45, 2.75) is 6.92 Å². The van der Waals surface area contributed by atoms with Crippen LogP contribution in [0.1, 0.15) is 11.4 Å². The van der Waals surface area contributed by atoms with Crippen LogP contribution in [-0.2, 0) is 7.05 Å². The maximum atomic E-state index is 10.5. The highest BCUT2D eigenvalue weighted by Gasteiger charge is 2.33. The Morgan fingerprint density at radius 3 is 2.64 bits per heavy atom. The number of rotatable bonds is 2. The molecule has 0 saturated heterocycles. The van der Waals surface area contributed by atoms with Crippen molar-refractivity contribution in [3.8, 4) is 5.75 Å². The van der Waals surface area contributed by atoms with Crippen LogP contribution in [0.3, 0.4) is 0 Å². The van der Waals surface area contributed by atoms with E-state index in [-0.39, 0.29) is 23.9 Å². The third-order valence-corrected chi connectivity index (χ3v) is 4.54. The molecule has 1 aliphatic heterocycles. The lowest BCUT2D eigenvalue weighted by Crippen LogP contribution is -2.26. The van der Waals surface area contributed by atoms with E-state index >= 15 is 0 Å². The highest BCUT2D eigenvalue weighted by molar-refractivity contribution is 6.30. The molecule has 3 aromatic rings. The van der Waals surface area contributed by atoms with Gasteiger partial charge < -0.3 is 19.7 Å². The van der Waals surface area contributed by atoms with Crippen molar-refractivity contribution >= 4 is 28.1 Å². The first-order valence-corrected chi connectivity index (χ1v) is 7.97. The zero-order valence-corrected chi connectivity index (χ0v) is 14.0. The van der Waals surface area contributed by atoms with Crippen LogP contribution in [0.25, 0.3) is 16.6 Å². The zero-order chi connectivity index (χ0) is 17.7. The van der Waals surface area contributed by atoms with Crippen LogP contribution in [0.2, 0.25) is 0 Å². The number of hydrogen-bond acceptors (Lipinski definition) is 4. The van der Waals surface area contributed by atoms with Crippen molar-refractivity contribution in [3.63, 3.8) is 0 Å². The number of nitrogens with zero attached hydrogens (tertiary/aromatic N) is 3. The molecule has 3 N–H and O–H groups in total. The number of aliphatic hydroxyl groups is 1. The van der Waals surface area contributed by atoms with Crippen molar-refractivity contribution in [1.82, 2.24) is 9.55 Å². The molecule has 4 rings (SSSR count). The smallest absolute Gasteiger partial charge is 0.148 e. The van der Waals surface area contributed by atoms with Crippen molar-refractivity contribution in [1.29, 1.82) is 5.41 Å². The Morgan fingerprint density at radius 2 is 1.88 bits per heavy atom. The molecule has 0 aliphatic carbocycles. The molecule has 6 heteroatoms. The molecule has 1 aromatic heterocycles. The first kappa shape index (κ1) is 15.3. The minimum atomic E-state index is 0.0712. The number of phenols is 1. The number of benzene rings is 2. The molecule has 0 saturated carbocycles. The average Bonchev–Trinajstić information content (AvgIpc) is 3.04. The van der Waals surface area contributed by atoms with Gasteiger partial charge in [-0.15, -0.1) is 0 Å². The normalized spacial score (nSPS) is 14.8. The molecule has 6 nitrogen and oxygen atoms in total. The molecular formula is C19H18N4O2. The minimum absolute atomic E-state index is 0.0712. The van der Waals surface area contributed by atoms with Crippen LogP contribution < -0.4 is 4.90 Å². The number of anilines is 1. The van der Waals surface area contributed by atoms with Gasteiger partial charge in [0.1, 0.15) is 23.2 Å². The number of hydrogen-bond donors (Lipinski definition) is 3. The molecule has 2 aromatic carbocycles.